The van der Waals surface area contributed by atoms with Crippen molar-refractivity contribution in [2.75, 3.05) is 6.61 Å². The smallest absolute Gasteiger partial charge is 0.267 e. The molecule has 0 aromatic heterocycles. The summed E-state index contributed by atoms with van der Waals surface area (Å²) in [6, 6.07) is 0. The lowest BCUT2D eigenvalue weighted by Crippen LogP contribution is -2.20. The van der Waals surface area contributed by atoms with Crippen LogP contribution in [0.25, 0.3) is 0 Å². The van der Waals surface area contributed by atoms with Gasteiger partial charge in [-0.05, 0) is 19.3 Å². The minimum Gasteiger partial charge on any atom is -0.396 e. The molecule has 1 unspecified atom stereocenters. The summed E-state index contributed by atoms with van der Waals surface area (Å²) in [5, 5.41) is 7.95. The molecule has 0 saturated carbocycles. The normalized spacial score (nSPS) is 13.9. The lowest BCUT2D eigenvalue weighted by atomic mass is 10.1. The zero-order valence-corrected chi connectivity index (χ0v) is 10.9. The predicted octanol–water partition coefficient (Wildman–Crippen LogP) is 2.38. The van der Waals surface area contributed by atoms with Crippen LogP contribution >= 0.6 is 0 Å². The monoisotopic (exact) mass is 252 g/mol. The Hall–Kier alpha value is -0.130. The highest BCUT2D eigenvalue weighted by Gasteiger charge is 2.21. The number of hydrogen-bond acceptors (Lipinski definition) is 3. The minimum absolute atomic E-state index is 0.0259. The Morgan fingerprint density at radius 1 is 1.00 bits per heavy atom. The van der Waals surface area contributed by atoms with Crippen LogP contribution in [0, 0.1) is 0 Å². The van der Waals surface area contributed by atoms with Gasteiger partial charge in [-0.15, -0.1) is 0 Å². The van der Waals surface area contributed by atoms with Crippen LogP contribution in [0.3, 0.4) is 0 Å². The van der Waals surface area contributed by atoms with Crippen LogP contribution < -0.4 is 0 Å². The van der Waals surface area contributed by atoms with Crippen LogP contribution in [0.4, 0.5) is 0 Å². The summed E-state index contributed by atoms with van der Waals surface area (Å²) in [6.45, 7) is 2.10. The summed E-state index contributed by atoms with van der Waals surface area (Å²) < 4.78 is 31.1. The molecule has 98 valence electrons. The number of aliphatic hydroxyl groups is 1. The fraction of sp³-hybridized carbons (Fsp3) is 1.00. The molecule has 0 saturated heterocycles. The number of hydrogen-bond donors (Lipinski definition) is 2. The third-order valence-electron chi connectivity index (χ3n) is 2.74. The van der Waals surface area contributed by atoms with Crippen LogP contribution in [-0.4, -0.2) is 29.9 Å². The quantitative estimate of drug-likeness (QED) is 0.462. The molecule has 0 rings (SSSR count). The molecule has 0 fully saturated rings. The van der Waals surface area contributed by atoms with Gasteiger partial charge in [-0.3, -0.25) is 4.55 Å². The second-order valence-electron chi connectivity index (χ2n) is 4.21. The largest absolute Gasteiger partial charge is 0.396 e. The summed E-state index contributed by atoms with van der Waals surface area (Å²) in [6.07, 6.45) is 6.58. The Morgan fingerprint density at radius 2 is 1.56 bits per heavy atom. The van der Waals surface area contributed by atoms with E-state index in [9.17, 15) is 8.42 Å². The van der Waals surface area contributed by atoms with E-state index in [1.165, 1.54) is 6.42 Å². The van der Waals surface area contributed by atoms with Crippen molar-refractivity contribution in [1.82, 2.24) is 0 Å². The van der Waals surface area contributed by atoms with Gasteiger partial charge in [0.15, 0.2) is 0 Å². The molecule has 4 nitrogen and oxygen atoms in total. The first kappa shape index (κ1) is 15.9. The highest BCUT2D eigenvalue weighted by atomic mass is 32.2. The van der Waals surface area contributed by atoms with Gasteiger partial charge in [0.1, 0.15) is 0 Å². The molecular formula is C11H24O4S. The number of rotatable bonds is 10. The first-order chi connectivity index (χ1) is 7.52. The molecule has 2 N–H and O–H groups in total. The molecule has 5 heteroatoms. The second-order valence-corrected chi connectivity index (χ2v) is 5.90. The van der Waals surface area contributed by atoms with Crippen molar-refractivity contribution in [3.8, 4) is 0 Å². The third-order valence-corrected chi connectivity index (χ3v) is 4.05. The van der Waals surface area contributed by atoms with Gasteiger partial charge in [-0.25, -0.2) is 0 Å². The summed E-state index contributed by atoms with van der Waals surface area (Å²) in [5.74, 6) is 0. The molecule has 0 spiro atoms. The van der Waals surface area contributed by atoms with Crippen LogP contribution in [0.2, 0.25) is 0 Å². The van der Waals surface area contributed by atoms with Gasteiger partial charge >= 0.3 is 0 Å². The maximum atomic E-state index is 11.0. The molecule has 0 radical (unpaired) electrons. The summed E-state index contributed by atoms with van der Waals surface area (Å²) in [7, 11) is -3.94. The Bertz CT molecular complexity index is 249. The van der Waals surface area contributed by atoms with Gasteiger partial charge < -0.3 is 5.11 Å². The van der Waals surface area contributed by atoms with Gasteiger partial charge in [0.25, 0.3) is 10.1 Å². The SMILES string of the molecule is CCCCCCCC(CCCO)S(=O)(=O)O. The fourth-order valence-electron chi connectivity index (χ4n) is 1.74. The molecule has 0 amide bonds. The van der Waals surface area contributed by atoms with Crippen LogP contribution in [0.1, 0.15) is 58.3 Å². The predicted molar refractivity (Wildman–Crippen MR) is 65.0 cm³/mol. The molecule has 0 aromatic carbocycles. The maximum absolute atomic E-state index is 11.0. The second kappa shape index (κ2) is 8.96. The van der Waals surface area contributed by atoms with Crippen LogP contribution in [0.5, 0.6) is 0 Å². The molecular weight excluding hydrogens is 228 g/mol. The van der Waals surface area contributed by atoms with E-state index in [4.69, 9.17) is 9.66 Å². The maximum Gasteiger partial charge on any atom is 0.267 e. The van der Waals surface area contributed by atoms with E-state index in [1.807, 2.05) is 0 Å². The van der Waals surface area contributed by atoms with Crippen molar-refractivity contribution in [1.29, 1.82) is 0 Å². The average Bonchev–Trinajstić information content (AvgIpc) is 2.20. The van der Waals surface area contributed by atoms with E-state index in [-0.39, 0.29) is 6.61 Å². The number of unbranched alkanes of at least 4 members (excludes halogenated alkanes) is 4. The molecule has 16 heavy (non-hydrogen) atoms. The summed E-state index contributed by atoms with van der Waals surface area (Å²) in [4.78, 5) is 0. The molecule has 0 heterocycles. The van der Waals surface area contributed by atoms with Crippen LogP contribution in [0.15, 0.2) is 0 Å². The van der Waals surface area contributed by atoms with Gasteiger partial charge in [0.05, 0.1) is 5.25 Å². The highest BCUT2D eigenvalue weighted by molar-refractivity contribution is 7.86. The zero-order chi connectivity index (χ0) is 12.4. The van der Waals surface area contributed by atoms with Crippen molar-refractivity contribution in [3.05, 3.63) is 0 Å². The molecule has 0 aliphatic rings. The highest BCUT2D eigenvalue weighted by Crippen LogP contribution is 2.16. The van der Waals surface area contributed by atoms with E-state index in [0.29, 0.717) is 19.3 Å². The standard InChI is InChI=1S/C11H24O4S/c1-2-3-4-5-6-8-11(9-7-10-12)16(13,14)15/h11-12H,2-10H2,1H3,(H,13,14,15). The van der Waals surface area contributed by atoms with E-state index in [0.717, 1.165) is 25.7 Å². The third kappa shape index (κ3) is 8.07. The Balaban J connectivity index is 3.84. The van der Waals surface area contributed by atoms with E-state index in [2.05, 4.69) is 6.92 Å². The summed E-state index contributed by atoms with van der Waals surface area (Å²) >= 11 is 0. The average molecular weight is 252 g/mol. The van der Waals surface area contributed by atoms with Gasteiger partial charge in [-0.1, -0.05) is 39.0 Å². The van der Waals surface area contributed by atoms with Crippen molar-refractivity contribution >= 4 is 10.1 Å². The lowest BCUT2D eigenvalue weighted by Gasteiger charge is -2.12. The van der Waals surface area contributed by atoms with Crippen molar-refractivity contribution in [3.63, 3.8) is 0 Å². The topological polar surface area (TPSA) is 74.6 Å². The molecule has 0 bridgehead atoms. The molecule has 0 aliphatic heterocycles. The van der Waals surface area contributed by atoms with Crippen molar-refractivity contribution < 1.29 is 18.1 Å². The first-order valence-corrected chi connectivity index (χ1v) is 7.59. The first-order valence-electron chi connectivity index (χ1n) is 6.09. The fourth-order valence-corrected chi connectivity index (χ4v) is 2.67. The van der Waals surface area contributed by atoms with Crippen LogP contribution in [-0.2, 0) is 10.1 Å². The Kier molecular flexibility index (Phi) is 8.89. The van der Waals surface area contributed by atoms with Crippen molar-refractivity contribution in [2.24, 2.45) is 0 Å². The minimum atomic E-state index is -3.94. The molecule has 0 aliphatic carbocycles. The Morgan fingerprint density at radius 3 is 2.06 bits per heavy atom. The van der Waals surface area contributed by atoms with Gasteiger partial charge in [-0.2, -0.15) is 8.42 Å². The van der Waals surface area contributed by atoms with Gasteiger partial charge in [0.2, 0.25) is 0 Å². The van der Waals surface area contributed by atoms with E-state index in [1.54, 1.807) is 0 Å². The zero-order valence-electron chi connectivity index (χ0n) is 10.1. The van der Waals surface area contributed by atoms with Crippen molar-refractivity contribution in [2.45, 2.75) is 63.5 Å². The van der Waals surface area contributed by atoms with Gasteiger partial charge in [0, 0.05) is 6.61 Å². The Labute approximate surface area is 98.8 Å². The molecule has 0 aromatic rings. The lowest BCUT2D eigenvalue weighted by molar-refractivity contribution is 0.281. The molecule has 1 atom stereocenters. The van der Waals surface area contributed by atoms with E-state index < -0.39 is 15.4 Å². The number of aliphatic hydroxyl groups excluding tert-OH is 1. The van der Waals surface area contributed by atoms with E-state index >= 15 is 0 Å². The summed E-state index contributed by atoms with van der Waals surface area (Å²) in [5.41, 5.74) is 0.